The first-order valence-corrected chi connectivity index (χ1v) is 7.50. The van der Waals surface area contributed by atoms with Crippen molar-refractivity contribution in [1.82, 2.24) is 9.80 Å². The lowest BCUT2D eigenvalue weighted by Crippen LogP contribution is -2.46. The number of unbranched alkanes of at least 4 members (excludes halogenated alkanes) is 1. The van der Waals surface area contributed by atoms with E-state index in [9.17, 15) is 0 Å². The average Bonchev–Trinajstić information content (AvgIpc) is 2.45. The molecule has 1 N–H and O–H groups in total. The van der Waals surface area contributed by atoms with Gasteiger partial charge in [0.1, 0.15) is 0 Å². The Kier molecular flexibility index (Phi) is 13.2. The Morgan fingerprint density at radius 1 is 0.944 bits per heavy atom. The van der Waals surface area contributed by atoms with Gasteiger partial charge >= 0.3 is 0 Å². The van der Waals surface area contributed by atoms with E-state index < -0.39 is 0 Å². The van der Waals surface area contributed by atoms with Gasteiger partial charge in [-0.05, 0) is 25.9 Å². The Labute approximate surface area is 113 Å². The van der Waals surface area contributed by atoms with Gasteiger partial charge in [-0.15, -0.1) is 0 Å². The summed E-state index contributed by atoms with van der Waals surface area (Å²) in [6.07, 6.45) is 2.31. The maximum absolute atomic E-state index is 8.54. The lowest BCUT2D eigenvalue weighted by atomic mass is 10.2. The SMILES string of the molecule is CC.CCN1CCN(CCCCOCCO)CC1. The van der Waals surface area contributed by atoms with E-state index in [4.69, 9.17) is 9.84 Å². The molecule has 0 aromatic rings. The molecular weight excluding hydrogens is 228 g/mol. The summed E-state index contributed by atoms with van der Waals surface area (Å²) in [6.45, 7) is 14.9. The Morgan fingerprint density at radius 2 is 1.56 bits per heavy atom. The van der Waals surface area contributed by atoms with E-state index in [1.807, 2.05) is 13.8 Å². The Bertz CT molecular complexity index is 160. The van der Waals surface area contributed by atoms with E-state index in [-0.39, 0.29) is 6.61 Å². The van der Waals surface area contributed by atoms with E-state index in [2.05, 4.69) is 16.7 Å². The fourth-order valence-electron chi connectivity index (χ4n) is 2.04. The van der Waals surface area contributed by atoms with Crippen LogP contribution in [0.5, 0.6) is 0 Å². The number of piperazine rings is 1. The minimum absolute atomic E-state index is 0.138. The molecule has 0 spiro atoms. The normalized spacial score (nSPS) is 17.3. The molecule has 4 heteroatoms. The highest BCUT2D eigenvalue weighted by Gasteiger charge is 2.14. The van der Waals surface area contributed by atoms with Crippen molar-refractivity contribution in [3.63, 3.8) is 0 Å². The zero-order valence-electron chi connectivity index (χ0n) is 12.5. The molecule has 1 rings (SSSR count). The highest BCUT2D eigenvalue weighted by molar-refractivity contribution is 4.70. The molecule has 1 fully saturated rings. The average molecular weight is 260 g/mol. The topological polar surface area (TPSA) is 35.9 Å². The summed E-state index contributed by atoms with van der Waals surface area (Å²) in [6, 6.07) is 0. The van der Waals surface area contributed by atoms with E-state index in [0.29, 0.717) is 6.61 Å². The number of hydrogen-bond donors (Lipinski definition) is 1. The van der Waals surface area contributed by atoms with Crippen LogP contribution in [-0.4, -0.2) is 74.0 Å². The van der Waals surface area contributed by atoms with E-state index in [1.165, 1.54) is 45.7 Å². The third-order valence-electron chi connectivity index (χ3n) is 3.16. The van der Waals surface area contributed by atoms with Gasteiger partial charge in [0, 0.05) is 32.8 Å². The van der Waals surface area contributed by atoms with Crippen molar-refractivity contribution in [2.24, 2.45) is 0 Å². The lowest BCUT2D eigenvalue weighted by molar-refractivity contribution is 0.0852. The first-order chi connectivity index (χ1) is 8.86. The van der Waals surface area contributed by atoms with Gasteiger partial charge in [-0.1, -0.05) is 20.8 Å². The monoisotopic (exact) mass is 260 g/mol. The second kappa shape index (κ2) is 13.3. The number of ether oxygens (including phenoxy) is 1. The van der Waals surface area contributed by atoms with Crippen molar-refractivity contribution in [2.75, 3.05) is 59.1 Å². The fourth-order valence-corrected chi connectivity index (χ4v) is 2.04. The number of aliphatic hydroxyl groups is 1. The van der Waals surface area contributed by atoms with Gasteiger partial charge in [-0.25, -0.2) is 0 Å². The zero-order chi connectivity index (χ0) is 13.6. The van der Waals surface area contributed by atoms with Crippen LogP contribution in [0, 0.1) is 0 Å². The summed E-state index contributed by atoms with van der Waals surface area (Å²) >= 11 is 0. The van der Waals surface area contributed by atoms with Crippen LogP contribution < -0.4 is 0 Å². The molecule has 0 aliphatic carbocycles. The molecule has 1 aliphatic rings. The molecule has 0 amide bonds. The predicted molar refractivity (Wildman–Crippen MR) is 77.0 cm³/mol. The van der Waals surface area contributed by atoms with Crippen LogP contribution >= 0.6 is 0 Å². The highest BCUT2D eigenvalue weighted by atomic mass is 16.5. The molecule has 0 aromatic heterocycles. The van der Waals surface area contributed by atoms with Crippen LogP contribution in [0.3, 0.4) is 0 Å². The van der Waals surface area contributed by atoms with Gasteiger partial charge in [-0.3, -0.25) is 0 Å². The van der Waals surface area contributed by atoms with Crippen molar-refractivity contribution in [2.45, 2.75) is 33.6 Å². The number of aliphatic hydroxyl groups excluding tert-OH is 1. The maximum atomic E-state index is 8.54. The minimum Gasteiger partial charge on any atom is -0.394 e. The van der Waals surface area contributed by atoms with Gasteiger partial charge < -0.3 is 19.6 Å². The van der Waals surface area contributed by atoms with Crippen LogP contribution in [0.25, 0.3) is 0 Å². The molecule has 18 heavy (non-hydrogen) atoms. The summed E-state index contributed by atoms with van der Waals surface area (Å²) in [5, 5.41) is 8.54. The van der Waals surface area contributed by atoms with Crippen LogP contribution in [-0.2, 0) is 4.74 Å². The maximum Gasteiger partial charge on any atom is 0.0697 e. The zero-order valence-corrected chi connectivity index (χ0v) is 12.5. The fraction of sp³-hybridized carbons (Fsp3) is 1.00. The van der Waals surface area contributed by atoms with Gasteiger partial charge in [-0.2, -0.15) is 0 Å². The smallest absolute Gasteiger partial charge is 0.0697 e. The second-order valence-corrected chi connectivity index (χ2v) is 4.32. The molecule has 0 radical (unpaired) electrons. The van der Waals surface area contributed by atoms with E-state index in [0.717, 1.165) is 13.0 Å². The molecule has 0 bridgehead atoms. The van der Waals surface area contributed by atoms with Gasteiger partial charge in [0.15, 0.2) is 0 Å². The van der Waals surface area contributed by atoms with Crippen molar-refractivity contribution >= 4 is 0 Å². The second-order valence-electron chi connectivity index (χ2n) is 4.32. The first kappa shape index (κ1) is 17.8. The molecule has 4 nitrogen and oxygen atoms in total. The third-order valence-corrected chi connectivity index (χ3v) is 3.16. The third kappa shape index (κ3) is 8.86. The largest absolute Gasteiger partial charge is 0.394 e. The van der Waals surface area contributed by atoms with Crippen molar-refractivity contribution in [1.29, 1.82) is 0 Å². The molecular formula is C14H32N2O2. The van der Waals surface area contributed by atoms with Gasteiger partial charge in [0.05, 0.1) is 13.2 Å². The Morgan fingerprint density at radius 3 is 2.11 bits per heavy atom. The molecule has 1 aliphatic heterocycles. The highest BCUT2D eigenvalue weighted by Crippen LogP contribution is 2.03. The molecule has 0 saturated carbocycles. The van der Waals surface area contributed by atoms with Crippen LogP contribution in [0.2, 0.25) is 0 Å². The molecule has 0 atom stereocenters. The van der Waals surface area contributed by atoms with Crippen LogP contribution in [0.4, 0.5) is 0 Å². The summed E-state index contributed by atoms with van der Waals surface area (Å²) in [5.74, 6) is 0. The molecule has 110 valence electrons. The predicted octanol–water partition coefficient (Wildman–Crippen LogP) is 1.44. The van der Waals surface area contributed by atoms with Gasteiger partial charge in [0.2, 0.25) is 0 Å². The number of nitrogens with zero attached hydrogens (tertiary/aromatic N) is 2. The Balaban J connectivity index is 0.00000137. The van der Waals surface area contributed by atoms with Gasteiger partial charge in [0.25, 0.3) is 0 Å². The van der Waals surface area contributed by atoms with Crippen molar-refractivity contribution in [3.05, 3.63) is 0 Å². The Hall–Kier alpha value is -0.160. The lowest BCUT2D eigenvalue weighted by Gasteiger charge is -2.33. The molecule has 1 saturated heterocycles. The minimum atomic E-state index is 0.138. The molecule has 0 aromatic carbocycles. The van der Waals surface area contributed by atoms with Crippen molar-refractivity contribution < 1.29 is 9.84 Å². The summed E-state index contributed by atoms with van der Waals surface area (Å²) in [4.78, 5) is 5.04. The van der Waals surface area contributed by atoms with Crippen LogP contribution in [0.1, 0.15) is 33.6 Å². The quantitative estimate of drug-likeness (QED) is 0.670. The van der Waals surface area contributed by atoms with E-state index >= 15 is 0 Å². The molecule has 0 unspecified atom stereocenters. The molecule has 1 heterocycles. The van der Waals surface area contributed by atoms with Crippen molar-refractivity contribution in [3.8, 4) is 0 Å². The summed E-state index contributed by atoms with van der Waals surface area (Å²) < 4.78 is 5.23. The number of rotatable bonds is 8. The standard InChI is InChI=1S/C12H26N2O2.C2H6/c1-2-13-6-8-14(9-7-13)5-3-4-11-16-12-10-15;1-2/h15H,2-12H2,1H3;1-2H3. The summed E-state index contributed by atoms with van der Waals surface area (Å²) in [5.41, 5.74) is 0. The number of hydrogen-bond acceptors (Lipinski definition) is 4. The van der Waals surface area contributed by atoms with Crippen LogP contribution in [0.15, 0.2) is 0 Å². The van der Waals surface area contributed by atoms with E-state index in [1.54, 1.807) is 0 Å². The first-order valence-electron chi connectivity index (χ1n) is 7.50. The number of likely N-dealkylation sites (N-methyl/N-ethyl adjacent to an activating group) is 1. The summed E-state index contributed by atoms with van der Waals surface area (Å²) in [7, 11) is 0.